The second kappa shape index (κ2) is 9.70. The Morgan fingerprint density at radius 3 is 2.70 bits per heavy atom. The van der Waals surface area contributed by atoms with Gasteiger partial charge in [0.2, 0.25) is 5.91 Å². The largest absolute Gasteiger partial charge is 0.445 e. The van der Waals surface area contributed by atoms with Gasteiger partial charge in [-0.1, -0.05) is 41.9 Å². The Kier molecular flexibility index (Phi) is 6.81. The van der Waals surface area contributed by atoms with Crippen molar-refractivity contribution in [3.05, 3.63) is 59.1 Å². The quantitative estimate of drug-likeness (QED) is 0.399. The van der Waals surface area contributed by atoms with E-state index in [1.807, 2.05) is 30.3 Å². The van der Waals surface area contributed by atoms with E-state index in [1.165, 1.54) is 5.12 Å². The number of hydrogen-bond donors (Lipinski definition) is 5. The molecular formula is C19H22ClN7O3. The first-order valence-electron chi connectivity index (χ1n) is 9.13. The van der Waals surface area contributed by atoms with Gasteiger partial charge in [-0.05, 0) is 30.2 Å². The fourth-order valence-electron chi connectivity index (χ4n) is 2.72. The lowest BCUT2D eigenvalue weighted by atomic mass is 10.1. The number of nitrogen functional groups attached to an aromatic ring is 1. The summed E-state index contributed by atoms with van der Waals surface area (Å²) in [6.07, 6.45) is -0.158. The number of benzene rings is 2. The standard InChI is InChI=1S/C19H22ClN7O3/c20-13-6-8-16(14(21)10-13)27-25-17(24-26-27)9-7-15(18(22)28)23-19(29)30-11-12-4-2-1-3-5-12/h1-6,8,10,15,26H,7,9,11,21H2,(H2,22,28)(H,23,29)(H,24,25)/t15-/m0/s1. The third-order valence-corrected chi connectivity index (χ3v) is 4.51. The summed E-state index contributed by atoms with van der Waals surface area (Å²) in [4.78, 5) is 23.7. The maximum absolute atomic E-state index is 12.0. The minimum atomic E-state index is -0.910. The van der Waals surface area contributed by atoms with Gasteiger partial charge in [-0.25, -0.2) is 4.79 Å². The first-order chi connectivity index (χ1) is 14.4. The van der Waals surface area contributed by atoms with Crippen molar-refractivity contribution >= 4 is 40.8 Å². The van der Waals surface area contributed by atoms with Gasteiger partial charge in [-0.15, -0.1) is 5.10 Å². The van der Waals surface area contributed by atoms with E-state index in [0.717, 1.165) is 5.56 Å². The van der Waals surface area contributed by atoms with Crippen LogP contribution in [0.4, 0.5) is 16.2 Å². The number of rotatable bonds is 8. The highest BCUT2D eigenvalue weighted by Crippen LogP contribution is 2.25. The van der Waals surface area contributed by atoms with Crippen LogP contribution in [-0.2, 0) is 16.1 Å². The molecule has 2 aromatic rings. The van der Waals surface area contributed by atoms with Crippen molar-refractivity contribution in [1.82, 2.24) is 16.3 Å². The SMILES string of the molecule is NC(=O)[C@H](CCC1=NNN(c2ccc(Cl)cc2N)N1)NC(=O)OCc1ccccc1. The van der Waals surface area contributed by atoms with E-state index in [4.69, 9.17) is 27.8 Å². The topological polar surface area (TPSA) is 147 Å². The highest BCUT2D eigenvalue weighted by Gasteiger charge is 2.22. The molecule has 0 saturated heterocycles. The second-order valence-corrected chi connectivity index (χ2v) is 6.94. The van der Waals surface area contributed by atoms with Crippen molar-refractivity contribution < 1.29 is 14.3 Å². The summed E-state index contributed by atoms with van der Waals surface area (Å²) >= 11 is 5.91. The molecule has 158 valence electrons. The summed E-state index contributed by atoms with van der Waals surface area (Å²) in [6.45, 7) is 0.0911. The van der Waals surface area contributed by atoms with Gasteiger partial charge in [-0.2, -0.15) is 10.7 Å². The predicted octanol–water partition coefficient (Wildman–Crippen LogP) is 1.63. The number of hydrogen-bond acceptors (Lipinski definition) is 8. The number of nitrogens with one attached hydrogen (secondary N) is 3. The van der Waals surface area contributed by atoms with Crippen molar-refractivity contribution in [3.8, 4) is 0 Å². The minimum Gasteiger partial charge on any atom is -0.445 e. The Hall–Kier alpha value is -3.66. The Labute approximate surface area is 178 Å². The van der Waals surface area contributed by atoms with Crippen molar-refractivity contribution in [2.75, 3.05) is 10.9 Å². The van der Waals surface area contributed by atoms with E-state index in [-0.39, 0.29) is 13.0 Å². The molecule has 10 nitrogen and oxygen atoms in total. The maximum atomic E-state index is 12.0. The smallest absolute Gasteiger partial charge is 0.408 e. The second-order valence-electron chi connectivity index (χ2n) is 6.51. The number of ether oxygens (including phenoxy) is 1. The summed E-state index contributed by atoms with van der Waals surface area (Å²) in [5.74, 6) is -0.132. The highest BCUT2D eigenvalue weighted by atomic mass is 35.5. The van der Waals surface area contributed by atoms with Crippen molar-refractivity contribution in [1.29, 1.82) is 0 Å². The van der Waals surface area contributed by atoms with Crippen molar-refractivity contribution in [3.63, 3.8) is 0 Å². The Balaban J connectivity index is 1.47. The molecule has 0 radical (unpaired) electrons. The number of alkyl carbamates (subject to hydrolysis) is 1. The van der Waals surface area contributed by atoms with Crippen LogP contribution in [0.3, 0.4) is 0 Å². The molecule has 0 fully saturated rings. The van der Waals surface area contributed by atoms with E-state index >= 15 is 0 Å². The lowest BCUT2D eigenvalue weighted by Crippen LogP contribution is -2.46. The van der Waals surface area contributed by atoms with Crippen molar-refractivity contribution in [2.24, 2.45) is 10.8 Å². The van der Waals surface area contributed by atoms with Crippen LogP contribution in [0, 0.1) is 0 Å². The lowest BCUT2D eigenvalue weighted by Gasteiger charge is -2.20. The Morgan fingerprint density at radius 2 is 2.00 bits per heavy atom. The van der Waals surface area contributed by atoms with Crippen LogP contribution >= 0.6 is 11.6 Å². The van der Waals surface area contributed by atoms with Crippen LogP contribution in [0.25, 0.3) is 0 Å². The minimum absolute atomic E-state index is 0.0911. The number of amides is 2. The number of amidine groups is 1. The molecule has 0 spiro atoms. The van der Waals surface area contributed by atoms with E-state index in [2.05, 4.69) is 21.4 Å². The number of halogens is 1. The number of hydrazone groups is 1. The average Bonchev–Trinajstić information content (AvgIpc) is 3.18. The van der Waals surface area contributed by atoms with E-state index < -0.39 is 18.0 Å². The normalized spacial score (nSPS) is 13.6. The third kappa shape index (κ3) is 5.67. The molecule has 2 aromatic carbocycles. The van der Waals surface area contributed by atoms with Gasteiger partial charge in [0.05, 0.1) is 5.69 Å². The van der Waals surface area contributed by atoms with Gasteiger partial charge in [0, 0.05) is 11.4 Å². The van der Waals surface area contributed by atoms with Gasteiger partial charge in [0.15, 0.2) is 0 Å². The molecule has 3 rings (SSSR count). The number of nitrogens with zero attached hydrogens (tertiary/aromatic N) is 2. The lowest BCUT2D eigenvalue weighted by molar-refractivity contribution is -0.120. The summed E-state index contributed by atoms with van der Waals surface area (Å²) in [7, 11) is 0. The zero-order chi connectivity index (χ0) is 21.5. The first-order valence-corrected chi connectivity index (χ1v) is 9.50. The summed E-state index contributed by atoms with van der Waals surface area (Å²) < 4.78 is 5.13. The summed E-state index contributed by atoms with van der Waals surface area (Å²) in [5, 5.41) is 8.66. The number of primary amides is 1. The molecule has 0 unspecified atom stereocenters. The molecular weight excluding hydrogens is 410 g/mol. The zero-order valence-electron chi connectivity index (χ0n) is 16.0. The average molecular weight is 432 g/mol. The number of nitrogens with two attached hydrogens (primary N) is 2. The van der Waals surface area contributed by atoms with Crippen LogP contribution in [0.5, 0.6) is 0 Å². The predicted molar refractivity (Wildman–Crippen MR) is 114 cm³/mol. The molecule has 1 aliphatic rings. The van der Waals surface area contributed by atoms with Crippen LogP contribution in [0.1, 0.15) is 18.4 Å². The molecule has 1 aliphatic heterocycles. The molecule has 1 heterocycles. The van der Waals surface area contributed by atoms with Gasteiger partial charge < -0.3 is 21.5 Å². The molecule has 1 atom stereocenters. The van der Waals surface area contributed by atoms with Crippen LogP contribution in [0.15, 0.2) is 53.6 Å². The molecule has 0 aliphatic carbocycles. The van der Waals surface area contributed by atoms with Crippen LogP contribution < -0.4 is 32.9 Å². The Morgan fingerprint density at radius 1 is 1.23 bits per heavy atom. The number of anilines is 2. The zero-order valence-corrected chi connectivity index (χ0v) is 16.7. The maximum Gasteiger partial charge on any atom is 0.408 e. The Bertz CT molecular complexity index is 939. The fourth-order valence-corrected chi connectivity index (χ4v) is 2.90. The number of carbonyl (C=O) groups is 2. The van der Waals surface area contributed by atoms with Crippen LogP contribution in [-0.4, -0.2) is 23.9 Å². The number of carbonyl (C=O) groups excluding carboxylic acids is 2. The molecule has 11 heteroatoms. The van der Waals surface area contributed by atoms with E-state index in [1.54, 1.807) is 18.2 Å². The van der Waals surface area contributed by atoms with Gasteiger partial charge in [0.25, 0.3) is 0 Å². The molecule has 2 amide bonds. The number of hydrazine groups is 2. The summed E-state index contributed by atoms with van der Waals surface area (Å²) in [5.41, 5.74) is 19.1. The summed E-state index contributed by atoms with van der Waals surface area (Å²) in [6, 6.07) is 13.3. The van der Waals surface area contributed by atoms with E-state index in [0.29, 0.717) is 28.7 Å². The van der Waals surface area contributed by atoms with Crippen molar-refractivity contribution in [2.45, 2.75) is 25.5 Å². The highest BCUT2D eigenvalue weighted by molar-refractivity contribution is 6.31. The molecule has 7 N–H and O–H groups in total. The van der Waals surface area contributed by atoms with Gasteiger partial charge in [0.1, 0.15) is 24.2 Å². The fraction of sp³-hybridized carbons (Fsp3) is 0.211. The molecule has 0 saturated carbocycles. The van der Waals surface area contributed by atoms with Gasteiger partial charge >= 0.3 is 6.09 Å². The molecule has 0 bridgehead atoms. The molecule has 30 heavy (non-hydrogen) atoms. The van der Waals surface area contributed by atoms with Gasteiger partial charge in [-0.3, -0.25) is 10.2 Å². The van der Waals surface area contributed by atoms with Crippen LogP contribution in [0.2, 0.25) is 5.02 Å². The first kappa shape index (κ1) is 21.1. The monoisotopic (exact) mass is 431 g/mol. The molecule has 0 aromatic heterocycles. The van der Waals surface area contributed by atoms with E-state index in [9.17, 15) is 9.59 Å². The third-order valence-electron chi connectivity index (χ3n) is 4.27.